The van der Waals surface area contributed by atoms with Crippen molar-refractivity contribution in [2.24, 2.45) is 5.92 Å². The molecule has 0 fully saturated rings. The molecular formula is C26H30F2N2O2. The van der Waals surface area contributed by atoms with Crippen LogP contribution in [0.25, 0.3) is 0 Å². The van der Waals surface area contributed by atoms with Crippen LogP contribution in [0.1, 0.15) is 55.9 Å². The average Bonchev–Trinajstić information content (AvgIpc) is 2.73. The van der Waals surface area contributed by atoms with Crippen LogP contribution in [0.2, 0.25) is 0 Å². The summed E-state index contributed by atoms with van der Waals surface area (Å²) in [6.07, 6.45) is 1.95. The molecule has 2 aromatic rings. The van der Waals surface area contributed by atoms with E-state index >= 15 is 0 Å². The van der Waals surface area contributed by atoms with Crippen LogP contribution < -0.4 is 0 Å². The van der Waals surface area contributed by atoms with Crippen molar-refractivity contribution in [3.05, 3.63) is 70.3 Å². The first kappa shape index (κ1) is 22.4. The Kier molecular flexibility index (Phi) is 6.31. The van der Waals surface area contributed by atoms with Crippen molar-refractivity contribution in [2.45, 2.75) is 71.6 Å². The normalized spacial score (nSPS) is 21.0. The number of carbonyl (C=O) groups is 2. The van der Waals surface area contributed by atoms with E-state index in [9.17, 15) is 18.4 Å². The maximum absolute atomic E-state index is 13.6. The number of nitrogens with zero attached hydrogens (tertiary/aromatic N) is 2. The molecule has 2 amide bonds. The van der Waals surface area contributed by atoms with Gasteiger partial charge in [0.1, 0.15) is 11.6 Å². The maximum Gasteiger partial charge on any atom is 0.223 e. The van der Waals surface area contributed by atoms with Gasteiger partial charge in [0.2, 0.25) is 11.8 Å². The molecule has 0 saturated heterocycles. The van der Waals surface area contributed by atoms with Gasteiger partial charge in [-0.3, -0.25) is 9.59 Å². The molecule has 4 rings (SSSR count). The largest absolute Gasteiger partial charge is 0.335 e. The van der Waals surface area contributed by atoms with Gasteiger partial charge in [-0.15, -0.1) is 0 Å². The predicted octanol–water partition coefficient (Wildman–Crippen LogP) is 4.63. The van der Waals surface area contributed by atoms with E-state index in [2.05, 4.69) is 0 Å². The van der Waals surface area contributed by atoms with Gasteiger partial charge in [-0.1, -0.05) is 19.1 Å². The van der Waals surface area contributed by atoms with Gasteiger partial charge in [0, 0.05) is 38.0 Å². The summed E-state index contributed by atoms with van der Waals surface area (Å²) in [5, 5.41) is 0. The second-order valence-corrected chi connectivity index (χ2v) is 9.49. The summed E-state index contributed by atoms with van der Waals surface area (Å²) < 4.78 is 27.3. The first-order valence-corrected chi connectivity index (χ1v) is 11.3. The topological polar surface area (TPSA) is 40.6 Å². The van der Waals surface area contributed by atoms with Crippen LogP contribution in [-0.2, 0) is 35.5 Å². The van der Waals surface area contributed by atoms with Crippen molar-refractivity contribution < 1.29 is 18.4 Å². The van der Waals surface area contributed by atoms with E-state index in [1.807, 2.05) is 20.8 Å². The lowest BCUT2D eigenvalue weighted by molar-refractivity contribution is -0.137. The van der Waals surface area contributed by atoms with Crippen molar-refractivity contribution in [3.63, 3.8) is 0 Å². The minimum absolute atomic E-state index is 0.00757. The Labute approximate surface area is 188 Å². The molecule has 2 aromatic carbocycles. The Hall–Kier alpha value is -2.76. The number of fused-ring (bicyclic) bond motifs is 2. The van der Waals surface area contributed by atoms with Gasteiger partial charge in [-0.25, -0.2) is 8.78 Å². The molecule has 0 aliphatic carbocycles. The highest BCUT2D eigenvalue weighted by Gasteiger charge is 2.31. The van der Waals surface area contributed by atoms with E-state index in [1.54, 1.807) is 21.9 Å². The number of benzene rings is 2. The summed E-state index contributed by atoms with van der Waals surface area (Å²) >= 11 is 0. The van der Waals surface area contributed by atoms with Crippen LogP contribution in [0.15, 0.2) is 36.4 Å². The van der Waals surface area contributed by atoms with Crippen LogP contribution in [0.5, 0.6) is 0 Å². The molecule has 32 heavy (non-hydrogen) atoms. The summed E-state index contributed by atoms with van der Waals surface area (Å²) in [5.41, 5.74) is 3.88. The third-order valence-electron chi connectivity index (χ3n) is 6.80. The van der Waals surface area contributed by atoms with Gasteiger partial charge in [-0.05, 0) is 79.1 Å². The lowest BCUT2D eigenvalue weighted by Crippen LogP contribution is -2.44. The van der Waals surface area contributed by atoms with Crippen LogP contribution in [0.4, 0.5) is 8.78 Å². The Morgan fingerprint density at radius 2 is 1.22 bits per heavy atom. The molecule has 2 heterocycles. The highest BCUT2D eigenvalue weighted by Crippen LogP contribution is 2.28. The molecule has 2 aliphatic rings. The fraction of sp³-hybridized carbons (Fsp3) is 0.462. The number of rotatable bonds is 4. The average molecular weight is 441 g/mol. The Morgan fingerprint density at radius 3 is 1.62 bits per heavy atom. The minimum Gasteiger partial charge on any atom is -0.335 e. The Bertz CT molecular complexity index is 957. The predicted molar refractivity (Wildman–Crippen MR) is 119 cm³/mol. The summed E-state index contributed by atoms with van der Waals surface area (Å²) in [7, 11) is 0. The molecule has 2 atom stereocenters. The first-order chi connectivity index (χ1) is 15.2. The van der Waals surface area contributed by atoms with Crippen molar-refractivity contribution in [1.82, 2.24) is 9.80 Å². The Morgan fingerprint density at radius 1 is 0.812 bits per heavy atom. The summed E-state index contributed by atoms with van der Waals surface area (Å²) in [6.45, 7) is 6.73. The SMILES string of the molecule is CC(CC(=O)N1Cc2cc(F)ccc2CC1C)CC(=O)N1Cc2cc(F)ccc2CC1C. The second kappa shape index (κ2) is 9.00. The van der Waals surface area contributed by atoms with Crippen molar-refractivity contribution in [3.8, 4) is 0 Å². The smallest absolute Gasteiger partial charge is 0.223 e. The zero-order chi connectivity index (χ0) is 23.0. The van der Waals surface area contributed by atoms with E-state index in [0.29, 0.717) is 25.9 Å². The maximum atomic E-state index is 13.6. The molecule has 0 spiro atoms. The van der Waals surface area contributed by atoms with E-state index in [0.717, 1.165) is 22.3 Å². The number of amides is 2. The third kappa shape index (κ3) is 4.69. The number of hydrogen-bond donors (Lipinski definition) is 0. The zero-order valence-corrected chi connectivity index (χ0v) is 18.9. The molecule has 2 aliphatic heterocycles. The minimum atomic E-state index is -0.290. The highest BCUT2D eigenvalue weighted by molar-refractivity contribution is 5.80. The fourth-order valence-corrected chi connectivity index (χ4v) is 4.99. The lowest BCUT2D eigenvalue weighted by atomic mass is 9.92. The van der Waals surface area contributed by atoms with Crippen molar-refractivity contribution >= 4 is 11.8 Å². The molecule has 0 N–H and O–H groups in total. The van der Waals surface area contributed by atoms with Crippen molar-refractivity contribution in [1.29, 1.82) is 0 Å². The van der Waals surface area contributed by atoms with Crippen molar-refractivity contribution in [2.75, 3.05) is 0 Å². The van der Waals surface area contributed by atoms with E-state index in [-0.39, 0.29) is 54.3 Å². The number of halogens is 2. The van der Waals surface area contributed by atoms with Gasteiger partial charge in [0.25, 0.3) is 0 Å². The fourth-order valence-electron chi connectivity index (χ4n) is 4.99. The van der Waals surface area contributed by atoms with Crippen LogP contribution in [0, 0.1) is 17.6 Å². The summed E-state index contributed by atoms with van der Waals surface area (Å²) in [6, 6.07) is 9.62. The van der Waals surface area contributed by atoms with Gasteiger partial charge < -0.3 is 9.80 Å². The van der Waals surface area contributed by atoms with Crippen LogP contribution in [0.3, 0.4) is 0 Å². The van der Waals surface area contributed by atoms with Gasteiger partial charge >= 0.3 is 0 Å². The molecule has 0 radical (unpaired) electrons. The van der Waals surface area contributed by atoms with E-state index < -0.39 is 0 Å². The number of hydrogen-bond acceptors (Lipinski definition) is 2. The first-order valence-electron chi connectivity index (χ1n) is 11.3. The molecule has 4 nitrogen and oxygen atoms in total. The molecular weight excluding hydrogens is 410 g/mol. The molecule has 0 bridgehead atoms. The van der Waals surface area contributed by atoms with Crippen LogP contribution in [-0.4, -0.2) is 33.7 Å². The van der Waals surface area contributed by atoms with E-state index in [4.69, 9.17) is 0 Å². The standard InChI is InChI=1S/C26H30F2N2O2/c1-16(8-25(31)29-14-21-12-23(27)6-4-19(21)10-17(29)2)9-26(32)30-15-22-13-24(28)7-5-20(22)11-18(30)3/h4-7,12-13,16-18H,8-11,14-15H2,1-3H3. The molecule has 170 valence electrons. The third-order valence-corrected chi connectivity index (χ3v) is 6.80. The zero-order valence-electron chi connectivity index (χ0n) is 18.9. The summed E-state index contributed by atoms with van der Waals surface area (Å²) in [4.78, 5) is 29.6. The molecule has 0 saturated carbocycles. The second-order valence-electron chi connectivity index (χ2n) is 9.49. The van der Waals surface area contributed by atoms with Crippen LogP contribution >= 0.6 is 0 Å². The monoisotopic (exact) mass is 440 g/mol. The highest BCUT2D eigenvalue weighted by atomic mass is 19.1. The van der Waals surface area contributed by atoms with Gasteiger partial charge in [0.05, 0.1) is 0 Å². The van der Waals surface area contributed by atoms with E-state index in [1.165, 1.54) is 24.3 Å². The molecule has 6 heteroatoms. The van der Waals surface area contributed by atoms with Gasteiger partial charge in [-0.2, -0.15) is 0 Å². The van der Waals surface area contributed by atoms with Gasteiger partial charge in [0.15, 0.2) is 0 Å². The summed E-state index contributed by atoms with van der Waals surface area (Å²) in [5.74, 6) is -0.709. The molecule has 0 aromatic heterocycles. The quantitative estimate of drug-likeness (QED) is 0.696. The lowest BCUT2D eigenvalue weighted by Gasteiger charge is -2.37. The number of carbonyl (C=O) groups excluding carboxylic acids is 2. The molecule has 2 unspecified atom stereocenters. The Balaban J connectivity index is 1.36.